The number of aliphatic hydroxyl groups excluding tert-OH is 1. The van der Waals surface area contributed by atoms with Crippen molar-refractivity contribution in [1.29, 1.82) is 0 Å². The van der Waals surface area contributed by atoms with Crippen molar-refractivity contribution in [2.45, 2.75) is 84.6 Å². The molecule has 3 aliphatic rings. The smallest absolute Gasteiger partial charge is 0.250 e. The van der Waals surface area contributed by atoms with Gasteiger partial charge in [0.15, 0.2) is 0 Å². The predicted octanol–water partition coefficient (Wildman–Crippen LogP) is 2.80. The number of rotatable bonds is 8. The summed E-state index contributed by atoms with van der Waals surface area (Å²) >= 11 is 0. The fraction of sp³-hybridized carbons (Fsp3) is 0.679. The number of hydrogen-bond acceptors (Lipinski definition) is 5. The third kappa shape index (κ3) is 3.76. The molecule has 0 aliphatic carbocycles. The average molecular weight is 500 g/mol. The summed E-state index contributed by atoms with van der Waals surface area (Å²) < 4.78 is 6.74. The van der Waals surface area contributed by atoms with E-state index in [0.29, 0.717) is 18.7 Å². The van der Waals surface area contributed by atoms with E-state index in [1.807, 2.05) is 66.7 Å². The van der Waals surface area contributed by atoms with E-state index in [2.05, 4.69) is 10.6 Å². The fourth-order valence-corrected chi connectivity index (χ4v) is 6.91. The van der Waals surface area contributed by atoms with Crippen molar-refractivity contribution in [3.63, 3.8) is 0 Å². The van der Waals surface area contributed by atoms with Crippen molar-refractivity contribution in [3.8, 4) is 0 Å². The van der Waals surface area contributed by atoms with Crippen LogP contribution in [0.25, 0.3) is 0 Å². The first-order valence-electron chi connectivity index (χ1n) is 13.2. The molecule has 3 aliphatic heterocycles. The molecule has 198 valence electrons. The number of likely N-dealkylation sites (tertiary alicyclic amines) is 1. The molecule has 1 aromatic rings. The lowest BCUT2D eigenvalue weighted by molar-refractivity contribution is -0.150. The van der Waals surface area contributed by atoms with Gasteiger partial charge < -0.3 is 25.4 Å². The molecular formula is C28H41N3O5. The van der Waals surface area contributed by atoms with Gasteiger partial charge >= 0.3 is 0 Å². The summed E-state index contributed by atoms with van der Waals surface area (Å²) in [4.78, 5) is 43.3. The van der Waals surface area contributed by atoms with Gasteiger partial charge in [0.25, 0.3) is 0 Å². The number of hydrogen-bond donors (Lipinski definition) is 3. The van der Waals surface area contributed by atoms with E-state index in [1.165, 1.54) is 4.90 Å². The van der Waals surface area contributed by atoms with Crippen LogP contribution in [-0.2, 0) is 19.1 Å². The summed E-state index contributed by atoms with van der Waals surface area (Å²) in [6.07, 6.45) is 1.28. The minimum atomic E-state index is -1.14. The second-order valence-electron chi connectivity index (χ2n) is 11.5. The third-order valence-corrected chi connectivity index (χ3v) is 8.88. The van der Waals surface area contributed by atoms with Gasteiger partial charge in [-0.05, 0) is 56.6 Å². The quantitative estimate of drug-likeness (QED) is 0.510. The van der Waals surface area contributed by atoms with E-state index < -0.39 is 35.1 Å². The number of benzene rings is 1. The molecule has 8 nitrogen and oxygen atoms in total. The summed E-state index contributed by atoms with van der Waals surface area (Å²) in [5.74, 6) is -2.43. The number of ether oxygens (including phenoxy) is 1. The van der Waals surface area contributed by atoms with E-state index in [1.54, 1.807) is 0 Å². The highest BCUT2D eigenvalue weighted by atomic mass is 16.5. The molecule has 4 rings (SSSR count). The van der Waals surface area contributed by atoms with Gasteiger partial charge in [0.2, 0.25) is 17.7 Å². The van der Waals surface area contributed by atoms with Crippen LogP contribution in [0.2, 0.25) is 0 Å². The number of nitrogens with one attached hydrogen (secondary N) is 2. The van der Waals surface area contributed by atoms with E-state index in [9.17, 15) is 19.5 Å². The first kappa shape index (κ1) is 26.6. The Balaban J connectivity index is 1.83. The highest BCUT2D eigenvalue weighted by Crippen LogP contribution is 2.65. The highest BCUT2D eigenvalue weighted by Gasteiger charge is 2.80. The van der Waals surface area contributed by atoms with Crippen molar-refractivity contribution in [1.82, 2.24) is 10.2 Å². The molecular weight excluding hydrogens is 458 g/mol. The van der Waals surface area contributed by atoms with Crippen LogP contribution in [0, 0.1) is 37.5 Å². The molecule has 3 N–H and O–H groups in total. The van der Waals surface area contributed by atoms with Gasteiger partial charge in [0.05, 0.1) is 30.1 Å². The van der Waals surface area contributed by atoms with E-state index in [0.717, 1.165) is 17.5 Å². The Labute approximate surface area is 214 Å². The lowest BCUT2D eigenvalue weighted by Crippen LogP contribution is -2.57. The molecule has 3 saturated heterocycles. The maximum atomic E-state index is 14.2. The fourth-order valence-electron chi connectivity index (χ4n) is 6.91. The summed E-state index contributed by atoms with van der Waals surface area (Å²) in [5.41, 5.74) is 0.564. The topological polar surface area (TPSA) is 108 Å². The number of para-hydroxylation sites is 1. The number of fused-ring (bicyclic) bond motifs is 1. The highest BCUT2D eigenvalue weighted by molar-refractivity contribution is 6.04. The van der Waals surface area contributed by atoms with E-state index in [4.69, 9.17) is 4.74 Å². The van der Waals surface area contributed by atoms with Crippen LogP contribution in [0.4, 0.5) is 5.69 Å². The molecule has 8 heteroatoms. The molecule has 3 amide bonds. The molecule has 1 spiro atoms. The standard InChI is InChI=1S/C28H41N3O5/c1-8-12-29-24(33)20-21-26(35)31(19(14-32)15(2)3)23(28(21)13-18(6)27(20,7)36-28)25(34)30-22-16(4)10-9-11-17(22)5/h9-11,15,18-21,23,32H,8,12-14H2,1-7H3,(H,29,33)(H,30,34)/t18?,19-,20-,21-,23?,27+,28?/m0/s1. The summed E-state index contributed by atoms with van der Waals surface area (Å²) in [5, 5.41) is 16.4. The maximum Gasteiger partial charge on any atom is 0.250 e. The maximum absolute atomic E-state index is 14.2. The monoisotopic (exact) mass is 499 g/mol. The number of aliphatic hydroxyl groups is 1. The van der Waals surface area contributed by atoms with Gasteiger partial charge in [0, 0.05) is 12.2 Å². The molecule has 2 bridgehead atoms. The molecule has 3 heterocycles. The summed E-state index contributed by atoms with van der Waals surface area (Å²) in [6, 6.07) is 4.27. The zero-order valence-corrected chi connectivity index (χ0v) is 22.6. The van der Waals surface area contributed by atoms with Crippen molar-refractivity contribution in [2.24, 2.45) is 23.7 Å². The van der Waals surface area contributed by atoms with Crippen LogP contribution >= 0.6 is 0 Å². The first-order chi connectivity index (χ1) is 16.9. The lowest BCUT2D eigenvalue weighted by Gasteiger charge is -2.38. The molecule has 7 atom stereocenters. The van der Waals surface area contributed by atoms with E-state index in [-0.39, 0.29) is 36.2 Å². The molecule has 1 aromatic carbocycles. The molecule has 0 saturated carbocycles. The first-order valence-corrected chi connectivity index (χ1v) is 13.2. The van der Waals surface area contributed by atoms with Crippen molar-refractivity contribution in [2.75, 3.05) is 18.5 Å². The summed E-state index contributed by atoms with van der Waals surface area (Å²) in [6.45, 7) is 13.9. The molecule has 0 radical (unpaired) electrons. The van der Waals surface area contributed by atoms with Gasteiger partial charge in [0.1, 0.15) is 11.6 Å². The average Bonchev–Trinajstić information content (AvgIpc) is 3.32. The van der Waals surface area contributed by atoms with Gasteiger partial charge in [-0.2, -0.15) is 0 Å². The number of carbonyl (C=O) groups is 3. The van der Waals surface area contributed by atoms with Crippen molar-refractivity contribution < 1.29 is 24.2 Å². The second kappa shape index (κ2) is 9.45. The number of nitrogens with zero attached hydrogens (tertiary/aromatic N) is 1. The van der Waals surface area contributed by atoms with Gasteiger partial charge in [-0.1, -0.05) is 45.9 Å². The molecule has 3 fully saturated rings. The minimum Gasteiger partial charge on any atom is -0.394 e. The largest absolute Gasteiger partial charge is 0.394 e. The Hall–Kier alpha value is -2.45. The van der Waals surface area contributed by atoms with Crippen LogP contribution in [0.3, 0.4) is 0 Å². The van der Waals surface area contributed by atoms with Crippen LogP contribution < -0.4 is 10.6 Å². The van der Waals surface area contributed by atoms with Crippen molar-refractivity contribution in [3.05, 3.63) is 29.3 Å². The van der Waals surface area contributed by atoms with E-state index >= 15 is 0 Å². The van der Waals surface area contributed by atoms with Crippen LogP contribution in [0.5, 0.6) is 0 Å². The molecule has 36 heavy (non-hydrogen) atoms. The Morgan fingerprint density at radius 1 is 1.22 bits per heavy atom. The normalized spacial score (nSPS) is 33.7. The SMILES string of the molecule is CCCNC(=O)[C@@H]1[C@H]2C(=O)N([C@@H](CO)C(C)C)C(C(=O)Nc3c(C)cccc3C)C23CC(C)[C@@]1(C)O3. The Morgan fingerprint density at radius 2 is 1.86 bits per heavy atom. The lowest BCUT2D eigenvalue weighted by atomic mass is 9.62. The Bertz CT molecular complexity index is 1040. The second-order valence-corrected chi connectivity index (χ2v) is 11.5. The Morgan fingerprint density at radius 3 is 2.42 bits per heavy atom. The van der Waals surface area contributed by atoms with Crippen LogP contribution in [0.1, 0.15) is 58.6 Å². The van der Waals surface area contributed by atoms with Gasteiger partial charge in [-0.15, -0.1) is 0 Å². The molecule has 0 aromatic heterocycles. The van der Waals surface area contributed by atoms with Crippen molar-refractivity contribution >= 4 is 23.4 Å². The summed E-state index contributed by atoms with van der Waals surface area (Å²) in [7, 11) is 0. The number of carbonyl (C=O) groups excluding carboxylic acids is 3. The number of amides is 3. The zero-order valence-electron chi connectivity index (χ0n) is 22.6. The number of anilines is 1. The number of aryl methyl sites for hydroxylation is 2. The van der Waals surface area contributed by atoms with Gasteiger partial charge in [-0.25, -0.2) is 0 Å². The Kier molecular flexibility index (Phi) is 6.99. The third-order valence-electron chi connectivity index (χ3n) is 8.88. The predicted molar refractivity (Wildman–Crippen MR) is 137 cm³/mol. The van der Waals surface area contributed by atoms with Crippen LogP contribution in [-0.4, -0.2) is 64.2 Å². The molecule has 3 unspecified atom stereocenters. The van der Waals surface area contributed by atoms with Gasteiger partial charge in [-0.3, -0.25) is 14.4 Å². The van der Waals surface area contributed by atoms with Crippen LogP contribution in [0.15, 0.2) is 18.2 Å². The minimum absolute atomic E-state index is 0.0269. The zero-order chi connectivity index (χ0) is 26.6.